The highest BCUT2D eigenvalue weighted by atomic mass is 32.1. The van der Waals surface area contributed by atoms with Crippen LogP contribution in [-0.4, -0.2) is 26.6 Å². The Balaban J connectivity index is 1.55. The molecule has 8 heteroatoms. The number of benzene rings is 1. The minimum atomic E-state index is -0.359. The molecule has 31 heavy (non-hydrogen) atoms. The van der Waals surface area contributed by atoms with Crippen molar-refractivity contribution in [3.8, 4) is 10.6 Å². The normalized spacial score (nSPS) is 11.0. The van der Waals surface area contributed by atoms with E-state index in [0.29, 0.717) is 22.9 Å². The molecule has 2 heterocycles. The molecule has 2 N–H and O–H groups in total. The number of hydrogen-bond donors (Lipinski definition) is 2. The van der Waals surface area contributed by atoms with Gasteiger partial charge in [0.25, 0.3) is 5.91 Å². The Labute approximate surface area is 186 Å². The van der Waals surface area contributed by atoms with E-state index in [1.807, 2.05) is 48.9 Å². The highest BCUT2D eigenvalue weighted by Crippen LogP contribution is 2.27. The molecule has 0 saturated heterocycles. The molecule has 7 nitrogen and oxygen atoms in total. The topological polar surface area (TPSA) is 88.9 Å². The lowest BCUT2D eigenvalue weighted by atomic mass is 10.1. The van der Waals surface area contributed by atoms with Gasteiger partial charge >= 0.3 is 0 Å². The van der Waals surface area contributed by atoms with E-state index in [0.717, 1.165) is 34.1 Å². The third-order valence-corrected chi connectivity index (χ3v) is 6.22. The molecule has 2 amide bonds. The monoisotopic (exact) mass is 439 g/mol. The van der Waals surface area contributed by atoms with Crippen molar-refractivity contribution in [2.75, 3.05) is 0 Å². The first-order valence-electron chi connectivity index (χ1n) is 10.4. The summed E-state index contributed by atoms with van der Waals surface area (Å²) in [6, 6.07) is 9.71. The van der Waals surface area contributed by atoms with E-state index in [9.17, 15) is 9.59 Å². The van der Waals surface area contributed by atoms with Crippen molar-refractivity contribution >= 4 is 23.2 Å². The quantitative estimate of drug-likeness (QED) is 0.545. The van der Waals surface area contributed by atoms with Crippen molar-refractivity contribution in [3.63, 3.8) is 0 Å². The second-order valence-corrected chi connectivity index (χ2v) is 9.03. The van der Waals surface area contributed by atoms with E-state index >= 15 is 0 Å². The number of aromatic nitrogens is 3. The number of rotatable bonds is 7. The maximum absolute atomic E-state index is 12.5. The summed E-state index contributed by atoms with van der Waals surface area (Å²) in [5.41, 5.74) is 9.76. The Hall–Kier alpha value is -3.00. The van der Waals surface area contributed by atoms with Gasteiger partial charge in [0.1, 0.15) is 9.88 Å². The van der Waals surface area contributed by atoms with Gasteiger partial charge in [0.15, 0.2) is 0 Å². The van der Waals surface area contributed by atoms with Crippen molar-refractivity contribution in [3.05, 3.63) is 57.9 Å². The fraction of sp³-hybridized carbons (Fsp3) is 0.391. The van der Waals surface area contributed by atoms with Gasteiger partial charge in [0.05, 0.1) is 11.4 Å². The lowest BCUT2D eigenvalue weighted by molar-refractivity contribution is -0.121. The SMILES string of the molecule is Cc1nc(-c2ccccc2)sc1C(=O)NNC(=O)CCc1c(C)nn(CC(C)C)c1C. The fourth-order valence-corrected chi connectivity index (χ4v) is 4.38. The van der Waals surface area contributed by atoms with Crippen LogP contribution < -0.4 is 10.9 Å². The van der Waals surface area contributed by atoms with Crippen LogP contribution in [0.5, 0.6) is 0 Å². The molecular formula is C23H29N5O2S. The third kappa shape index (κ3) is 5.58. The van der Waals surface area contributed by atoms with Crippen LogP contribution in [0.2, 0.25) is 0 Å². The van der Waals surface area contributed by atoms with Crippen LogP contribution in [0, 0.1) is 26.7 Å². The van der Waals surface area contributed by atoms with Crippen molar-refractivity contribution in [1.29, 1.82) is 0 Å². The van der Waals surface area contributed by atoms with Gasteiger partial charge in [-0.05, 0) is 38.7 Å². The molecule has 3 aromatic rings. The van der Waals surface area contributed by atoms with Gasteiger partial charge in [-0.2, -0.15) is 5.10 Å². The van der Waals surface area contributed by atoms with Gasteiger partial charge < -0.3 is 0 Å². The van der Waals surface area contributed by atoms with Gasteiger partial charge in [0, 0.05) is 24.2 Å². The average Bonchev–Trinajstić information content (AvgIpc) is 3.24. The molecule has 0 spiro atoms. The molecule has 3 rings (SSSR count). The van der Waals surface area contributed by atoms with E-state index < -0.39 is 0 Å². The highest BCUT2D eigenvalue weighted by Gasteiger charge is 2.18. The zero-order chi connectivity index (χ0) is 22.5. The molecule has 2 aromatic heterocycles. The summed E-state index contributed by atoms with van der Waals surface area (Å²) in [7, 11) is 0. The van der Waals surface area contributed by atoms with Gasteiger partial charge in [-0.3, -0.25) is 25.1 Å². The molecule has 0 aliphatic rings. The number of amides is 2. The first-order valence-corrected chi connectivity index (χ1v) is 11.2. The van der Waals surface area contributed by atoms with Gasteiger partial charge in [0.2, 0.25) is 5.91 Å². The van der Waals surface area contributed by atoms with Gasteiger partial charge in [-0.15, -0.1) is 11.3 Å². The number of nitrogens with zero attached hydrogens (tertiary/aromatic N) is 3. The summed E-state index contributed by atoms with van der Waals surface area (Å²) in [6.45, 7) is 11.0. The zero-order valence-electron chi connectivity index (χ0n) is 18.7. The van der Waals surface area contributed by atoms with Crippen LogP contribution in [0.15, 0.2) is 30.3 Å². The summed E-state index contributed by atoms with van der Waals surface area (Å²) in [5.74, 6) is -0.0983. The van der Waals surface area contributed by atoms with Crippen LogP contribution in [0.3, 0.4) is 0 Å². The second-order valence-electron chi connectivity index (χ2n) is 8.03. The molecule has 0 unspecified atom stereocenters. The molecule has 0 fully saturated rings. The molecule has 0 aliphatic carbocycles. The second kappa shape index (κ2) is 9.87. The molecule has 0 radical (unpaired) electrons. The van der Waals surface area contributed by atoms with Gasteiger partial charge in [-0.1, -0.05) is 44.2 Å². The predicted molar refractivity (Wildman–Crippen MR) is 123 cm³/mol. The Kier molecular flexibility index (Phi) is 7.22. The van der Waals surface area contributed by atoms with Crippen molar-refractivity contribution in [1.82, 2.24) is 25.6 Å². The Morgan fingerprint density at radius 1 is 1.06 bits per heavy atom. The third-order valence-electron chi connectivity index (χ3n) is 5.01. The number of hydrogen-bond acceptors (Lipinski definition) is 5. The summed E-state index contributed by atoms with van der Waals surface area (Å²) < 4.78 is 2.01. The van der Waals surface area contributed by atoms with Crippen molar-refractivity contribution < 1.29 is 9.59 Å². The largest absolute Gasteiger partial charge is 0.281 e. The van der Waals surface area contributed by atoms with E-state index in [2.05, 4.69) is 34.8 Å². The molecular weight excluding hydrogens is 410 g/mol. The van der Waals surface area contributed by atoms with E-state index in [1.165, 1.54) is 11.3 Å². The van der Waals surface area contributed by atoms with Crippen LogP contribution >= 0.6 is 11.3 Å². The lowest BCUT2D eigenvalue weighted by Crippen LogP contribution is -2.41. The number of aryl methyl sites for hydroxylation is 2. The predicted octanol–water partition coefficient (Wildman–Crippen LogP) is 3.98. The van der Waals surface area contributed by atoms with Gasteiger partial charge in [-0.25, -0.2) is 4.98 Å². The molecule has 0 aliphatic heterocycles. The summed E-state index contributed by atoms with van der Waals surface area (Å²) in [4.78, 5) is 29.8. The van der Waals surface area contributed by atoms with Crippen LogP contribution in [0.25, 0.3) is 10.6 Å². The van der Waals surface area contributed by atoms with Crippen LogP contribution in [0.1, 0.15) is 52.6 Å². The first-order chi connectivity index (χ1) is 14.8. The zero-order valence-corrected chi connectivity index (χ0v) is 19.5. The number of hydrazine groups is 1. The maximum atomic E-state index is 12.5. The first kappa shape index (κ1) is 22.7. The smallest absolute Gasteiger partial charge is 0.273 e. The van der Waals surface area contributed by atoms with Crippen LogP contribution in [0.4, 0.5) is 0 Å². The van der Waals surface area contributed by atoms with Crippen molar-refractivity contribution in [2.24, 2.45) is 5.92 Å². The number of carbonyl (C=O) groups is 2. The minimum Gasteiger partial charge on any atom is -0.273 e. The minimum absolute atomic E-state index is 0.241. The molecule has 0 saturated carbocycles. The van der Waals surface area contributed by atoms with Crippen molar-refractivity contribution in [2.45, 2.75) is 54.0 Å². The Bertz CT molecular complexity index is 1070. The lowest BCUT2D eigenvalue weighted by Gasteiger charge is -2.09. The molecule has 0 bridgehead atoms. The molecule has 0 atom stereocenters. The summed E-state index contributed by atoms with van der Waals surface area (Å²) in [5, 5.41) is 5.37. The van der Waals surface area contributed by atoms with E-state index in [4.69, 9.17) is 0 Å². The Morgan fingerprint density at radius 2 is 1.77 bits per heavy atom. The van der Waals surface area contributed by atoms with E-state index in [1.54, 1.807) is 6.92 Å². The van der Waals surface area contributed by atoms with Crippen LogP contribution in [-0.2, 0) is 17.8 Å². The Morgan fingerprint density at radius 3 is 2.45 bits per heavy atom. The molecule has 164 valence electrons. The standard InChI is InChI=1S/C23H29N5O2S/c1-14(2)13-28-17(5)19(15(3)27-28)11-12-20(29)25-26-22(30)21-16(4)24-23(31-21)18-9-7-6-8-10-18/h6-10,14H,11-13H2,1-5H3,(H,25,29)(H,26,30). The summed E-state index contributed by atoms with van der Waals surface area (Å²) in [6.07, 6.45) is 0.849. The fourth-order valence-electron chi connectivity index (χ4n) is 3.42. The average molecular weight is 440 g/mol. The highest BCUT2D eigenvalue weighted by molar-refractivity contribution is 7.17. The summed E-state index contributed by atoms with van der Waals surface area (Å²) >= 11 is 1.31. The van der Waals surface area contributed by atoms with E-state index in [-0.39, 0.29) is 18.2 Å². The number of nitrogens with one attached hydrogen (secondary N) is 2. The maximum Gasteiger partial charge on any atom is 0.281 e. The molecule has 1 aromatic carbocycles. The number of carbonyl (C=O) groups excluding carboxylic acids is 2. The number of thiazole rings is 1.